The summed E-state index contributed by atoms with van der Waals surface area (Å²) < 4.78 is 5.98. The third-order valence-electron chi connectivity index (χ3n) is 3.37. The lowest BCUT2D eigenvalue weighted by Crippen LogP contribution is -1.89. The van der Waals surface area contributed by atoms with Gasteiger partial charge in [0.05, 0.1) is 10.5 Å². The Morgan fingerprint density at radius 2 is 1.86 bits per heavy atom. The van der Waals surface area contributed by atoms with Crippen LogP contribution in [0.3, 0.4) is 0 Å². The van der Waals surface area contributed by atoms with E-state index in [2.05, 4.69) is 24.0 Å². The van der Waals surface area contributed by atoms with Gasteiger partial charge in [0, 0.05) is 11.6 Å². The Bertz CT molecular complexity index is 753. The summed E-state index contributed by atoms with van der Waals surface area (Å²) in [6.45, 7) is 2.18. The molecule has 0 saturated carbocycles. The number of para-hydroxylation sites is 1. The summed E-state index contributed by atoms with van der Waals surface area (Å²) in [7, 11) is 0. The number of hydrogen-bond donors (Lipinski definition) is 0. The second-order valence-electron chi connectivity index (χ2n) is 4.94. The van der Waals surface area contributed by atoms with Crippen LogP contribution in [-0.2, 0) is 6.42 Å². The van der Waals surface area contributed by atoms with Gasteiger partial charge in [-0.25, -0.2) is 0 Å². The molecule has 1 aromatic heterocycles. The highest BCUT2D eigenvalue weighted by molar-refractivity contribution is 6.35. The van der Waals surface area contributed by atoms with Crippen LogP contribution in [0.2, 0.25) is 5.02 Å². The molecule has 2 nitrogen and oxygen atoms in total. The van der Waals surface area contributed by atoms with E-state index < -0.39 is 0 Å². The lowest BCUT2D eigenvalue weighted by atomic mass is 10.1. The molecular weight excluding hydrogens is 282 g/mol. The van der Waals surface area contributed by atoms with Gasteiger partial charge in [-0.2, -0.15) is 0 Å². The lowest BCUT2D eigenvalue weighted by Gasteiger charge is -2.09. The van der Waals surface area contributed by atoms with E-state index in [0.29, 0.717) is 5.02 Å². The zero-order valence-electron chi connectivity index (χ0n) is 11.8. The van der Waals surface area contributed by atoms with Crippen LogP contribution in [-0.4, -0.2) is 4.98 Å². The smallest absolute Gasteiger partial charge is 0.138 e. The molecule has 21 heavy (non-hydrogen) atoms. The van der Waals surface area contributed by atoms with Crippen molar-refractivity contribution in [2.45, 2.75) is 19.8 Å². The molecule has 3 rings (SSSR count). The number of aryl methyl sites for hydroxylation is 1. The van der Waals surface area contributed by atoms with E-state index in [-0.39, 0.29) is 0 Å². The van der Waals surface area contributed by atoms with Crippen LogP contribution in [0, 0.1) is 0 Å². The van der Waals surface area contributed by atoms with Gasteiger partial charge in [0.15, 0.2) is 0 Å². The maximum atomic E-state index is 6.17. The van der Waals surface area contributed by atoms with Gasteiger partial charge in [0.2, 0.25) is 0 Å². The summed E-state index contributed by atoms with van der Waals surface area (Å²) in [5.41, 5.74) is 2.09. The normalized spacial score (nSPS) is 10.8. The van der Waals surface area contributed by atoms with Gasteiger partial charge >= 0.3 is 0 Å². The fraction of sp³-hybridized carbons (Fsp3) is 0.167. The quantitative estimate of drug-likeness (QED) is 0.622. The van der Waals surface area contributed by atoms with Gasteiger partial charge in [0.1, 0.15) is 11.5 Å². The maximum absolute atomic E-state index is 6.17. The molecule has 0 aliphatic carbocycles. The molecule has 1 heterocycles. The van der Waals surface area contributed by atoms with Crippen LogP contribution in [0.1, 0.15) is 18.9 Å². The number of hydrogen-bond acceptors (Lipinski definition) is 2. The fourth-order valence-corrected chi connectivity index (χ4v) is 2.57. The van der Waals surface area contributed by atoms with Crippen molar-refractivity contribution < 1.29 is 4.74 Å². The molecule has 0 aliphatic heterocycles. The Morgan fingerprint density at radius 1 is 1.05 bits per heavy atom. The average Bonchev–Trinajstić information content (AvgIpc) is 2.51. The highest BCUT2D eigenvalue weighted by atomic mass is 35.5. The summed E-state index contributed by atoms with van der Waals surface area (Å²) >= 11 is 6.17. The number of benzene rings is 2. The Kier molecular flexibility index (Phi) is 4.07. The topological polar surface area (TPSA) is 22.1 Å². The lowest BCUT2D eigenvalue weighted by molar-refractivity contribution is 0.487. The molecule has 0 radical (unpaired) electrons. The van der Waals surface area contributed by atoms with E-state index in [9.17, 15) is 0 Å². The number of nitrogens with zero attached hydrogens (tertiary/aromatic N) is 1. The van der Waals surface area contributed by atoms with Gasteiger partial charge in [-0.1, -0.05) is 43.1 Å². The minimum Gasteiger partial charge on any atom is -0.457 e. The van der Waals surface area contributed by atoms with Gasteiger partial charge in [-0.05, 0) is 42.3 Å². The van der Waals surface area contributed by atoms with E-state index in [4.69, 9.17) is 16.3 Å². The number of halogens is 1. The molecule has 0 fully saturated rings. The first-order valence-electron chi connectivity index (χ1n) is 7.08. The molecule has 3 aromatic rings. The SMILES string of the molecule is CCCc1ccc(Oc2ccnc3c(Cl)cccc23)cc1. The molecule has 0 spiro atoms. The summed E-state index contributed by atoms with van der Waals surface area (Å²) in [6, 6.07) is 15.8. The van der Waals surface area contributed by atoms with E-state index >= 15 is 0 Å². The van der Waals surface area contributed by atoms with Gasteiger partial charge in [-0.3, -0.25) is 4.98 Å². The minimum absolute atomic E-state index is 0.635. The molecule has 106 valence electrons. The average molecular weight is 298 g/mol. The predicted molar refractivity (Wildman–Crippen MR) is 87.3 cm³/mol. The molecule has 0 atom stereocenters. The second kappa shape index (κ2) is 6.15. The predicted octanol–water partition coefficient (Wildman–Crippen LogP) is 5.63. The second-order valence-corrected chi connectivity index (χ2v) is 5.35. The van der Waals surface area contributed by atoms with E-state index in [1.54, 1.807) is 6.20 Å². The molecule has 0 saturated heterocycles. The first kappa shape index (κ1) is 13.9. The molecule has 0 N–H and O–H groups in total. The van der Waals surface area contributed by atoms with Crippen LogP contribution >= 0.6 is 11.6 Å². The van der Waals surface area contributed by atoms with Crippen LogP contribution in [0.5, 0.6) is 11.5 Å². The van der Waals surface area contributed by atoms with Crippen LogP contribution < -0.4 is 4.74 Å². The van der Waals surface area contributed by atoms with E-state index in [1.165, 1.54) is 5.56 Å². The van der Waals surface area contributed by atoms with E-state index in [0.717, 1.165) is 35.2 Å². The number of pyridine rings is 1. The fourth-order valence-electron chi connectivity index (χ4n) is 2.34. The number of fused-ring (bicyclic) bond motifs is 1. The van der Waals surface area contributed by atoms with Crippen molar-refractivity contribution in [1.82, 2.24) is 4.98 Å². The van der Waals surface area contributed by atoms with Crippen LogP contribution in [0.15, 0.2) is 54.7 Å². The molecule has 2 aromatic carbocycles. The van der Waals surface area contributed by atoms with Crippen LogP contribution in [0.4, 0.5) is 0 Å². The first-order chi connectivity index (χ1) is 10.3. The van der Waals surface area contributed by atoms with Crippen molar-refractivity contribution in [3.8, 4) is 11.5 Å². The molecule has 0 aliphatic rings. The standard InChI is InChI=1S/C18H16ClNO/c1-2-4-13-7-9-14(10-8-13)21-17-11-12-20-18-15(17)5-3-6-16(18)19/h3,5-12H,2,4H2,1H3. The zero-order valence-corrected chi connectivity index (χ0v) is 12.6. The molecule has 0 bridgehead atoms. The third kappa shape index (κ3) is 3.01. The van der Waals surface area contributed by atoms with Crippen LogP contribution in [0.25, 0.3) is 10.9 Å². The van der Waals surface area contributed by atoms with Crippen molar-refractivity contribution in [3.63, 3.8) is 0 Å². The Hall–Kier alpha value is -2.06. The van der Waals surface area contributed by atoms with Gasteiger partial charge in [-0.15, -0.1) is 0 Å². The highest BCUT2D eigenvalue weighted by Gasteiger charge is 2.06. The Morgan fingerprint density at radius 3 is 2.62 bits per heavy atom. The first-order valence-corrected chi connectivity index (χ1v) is 7.46. The molecule has 3 heteroatoms. The summed E-state index contributed by atoms with van der Waals surface area (Å²) in [4.78, 5) is 4.31. The van der Waals surface area contributed by atoms with Crippen molar-refractivity contribution in [1.29, 1.82) is 0 Å². The largest absolute Gasteiger partial charge is 0.457 e. The number of ether oxygens (including phenoxy) is 1. The van der Waals surface area contributed by atoms with Crippen molar-refractivity contribution in [3.05, 3.63) is 65.3 Å². The van der Waals surface area contributed by atoms with Crippen molar-refractivity contribution in [2.24, 2.45) is 0 Å². The summed E-state index contributed by atoms with van der Waals surface area (Å²) in [5, 5.41) is 1.55. The number of rotatable bonds is 4. The minimum atomic E-state index is 0.635. The van der Waals surface area contributed by atoms with Gasteiger partial charge in [0.25, 0.3) is 0 Å². The molecule has 0 unspecified atom stereocenters. The Labute approximate surface area is 129 Å². The summed E-state index contributed by atoms with van der Waals surface area (Å²) in [5.74, 6) is 1.59. The third-order valence-corrected chi connectivity index (χ3v) is 3.68. The highest BCUT2D eigenvalue weighted by Crippen LogP contribution is 2.31. The number of aromatic nitrogens is 1. The van der Waals surface area contributed by atoms with Crippen molar-refractivity contribution >= 4 is 22.5 Å². The molecule has 0 amide bonds. The van der Waals surface area contributed by atoms with Gasteiger partial charge < -0.3 is 4.74 Å². The van der Waals surface area contributed by atoms with Crippen molar-refractivity contribution in [2.75, 3.05) is 0 Å². The molecular formula is C18H16ClNO. The maximum Gasteiger partial charge on any atom is 0.138 e. The zero-order chi connectivity index (χ0) is 14.7. The monoisotopic (exact) mass is 297 g/mol. The Balaban J connectivity index is 1.93. The van der Waals surface area contributed by atoms with E-state index in [1.807, 2.05) is 36.4 Å². The summed E-state index contributed by atoms with van der Waals surface area (Å²) in [6.07, 6.45) is 3.96.